The third kappa shape index (κ3) is 3.87. The largest absolute Gasteiger partial charge is 0.489 e. The van der Waals surface area contributed by atoms with Gasteiger partial charge in [-0.1, -0.05) is 0 Å². The van der Waals surface area contributed by atoms with Crippen LogP contribution in [0.15, 0.2) is 30.3 Å². The van der Waals surface area contributed by atoms with Gasteiger partial charge in [0.1, 0.15) is 23.9 Å². The van der Waals surface area contributed by atoms with Gasteiger partial charge in [0.2, 0.25) is 0 Å². The minimum absolute atomic E-state index is 0.141. The zero-order chi connectivity index (χ0) is 12.9. The molecule has 1 rings (SSSR count). The van der Waals surface area contributed by atoms with E-state index in [0.29, 0.717) is 11.3 Å². The summed E-state index contributed by atoms with van der Waals surface area (Å²) in [6, 6.07) is 6.36. The number of ether oxygens (including phenoxy) is 1. The van der Waals surface area contributed by atoms with Crippen molar-refractivity contribution in [3.8, 4) is 5.75 Å². The number of carbonyl (C=O) groups excluding carboxylic acids is 2. The van der Waals surface area contributed by atoms with Gasteiger partial charge in [-0.2, -0.15) is 0 Å². The summed E-state index contributed by atoms with van der Waals surface area (Å²) in [6.07, 6.45) is 1.22. The van der Waals surface area contributed by atoms with Crippen LogP contribution in [0.5, 0.6) is 5.75 Å². The normalized spacial score (nSPS) is 10.5. The van der Waals surface area contributed by atoms with Crippen LogP contribution in [-0.2, 0) is 4.79 Å². The molecule has 0 radical (unpaired) electrons. The van der Waals surface area contributed by atoms with Crippen molar-refractivity contribution in [1.29, 1.82) is 0 Å². The molecular weight excluding hydrogens is 220 g/mol. The molecule has 0 heterocycles. The molecule has 0 aliphatic rings. The number of aliphatic hydroxyl groups is 1. The predicted molar refractivity (Wildman–Crippen MR) is 62.8 cm³/mol. The number of hydrogen-bond acceptors (Lipinski definition) is 4. The van der Waals surface area contributed by atoms with Crippen molar-refractivity contribution in [2.24, 2.45) is 0 Å². The van der Waals surface area contributed by atoms with Crippen LogP contribution in [0.25, 0.3) is 0 Å². The van der Waals surface area contributed by atoms with E-state index in [4.69, 9.17) is 4.74 Å². The Bertz CT molecular complexity index is 433. The summed E-state index contributed by atoms with van der Waals surface area (Å²) in [7, 11) is 0. The van der Waals surface area contributed by atoms with E-state index in [-0.39, 0.29) is 12.4 Å². The van der Waals surface area contributed by atoms with Crippen molar-refractivity contribution in [3.05, 3.63) is 35.9 Å². The number of hydrogen-bond donors (Lipinski definition) is 1. The second kappa shape index (κ2) is 5.43. The van der Waals surface area contributed by atoms with Gasteiger partial charge in [-0.05, 0) is 38.1 Å². The molecule has 0 aliphatic carbocycles. The molecule has 17 heavy (non-hydrogen) atoms. The molecule has 0 fully saturated rings. The minimum Gasteiger partial charge on any atom is -0.489 e. The van der Waals surface area contributed by atoms with Crippen molar-refractivity contribution in [1.82, 2.24) is 0 Å². The molecule has 4 nitrogen and oxygen atoms in total. The second-order valence-electron chi connectivity index (χ2n) is 4.05. The standard InChI is InChI=1S/C13H14O4/c1-13(2,16)12(15)10-4-6-11(7-5-10)17-9-3-8-14/h3-7,16H,9H2,1-2H3. The molecule has 0 saturated heterocycles. The van der Waals surface area contributed by atoms with E-state index >= 15 is 0 Å². The molecule has 1 aromatic rings. The van der Waals surface area contributed by atoms with Gasteiger partial charge in [0.25, 0.3) is 0 Å². The summed E-state index contributed by atoms with van der Waals surface area (Å²) < 4.78 is 5.17. The molecule has 90 valence electrons. The monoisotopic (exact) mass is 234 g/mol. The zero-order valence-electron chi connectivity index (χ0n) is 9.77. The molecule has 0 saturated carbocycles. The van der Waals surface area contributed by atoms with Crippen molar-refractivity contribution >= 4 is 11.7 Å². The first kappa shape index (κ1) is 13.2. The van der Waals surface area contributed by atoms with E-state index in [2.05, 4.69) is 0 Å². The summed E-state index contributed by atoms with van der Waals surface area (Å²) in [5.74, 6) is 1.80. The number of rotatable bonds is 5. The Labute approximate surface area is 99.5 Å². The molecule has 0 atom stereocenters. The van der Waals surface area contributed by atoms with Crippen LogP contribution in [0.1, 0.15) is 24.2 Å². The van der Waals surface area contributed by atoms with Crippen LogP contribution < -0.4 is 4.74 Å². The topological polar surface area (TPSA) is 63.6 Å². The van der Waals surface area contributed by atoms with E-state index in [1.54, 1.807) is 30.2 Å². The van der Waals surface area contributed by atoms with Gasteiger partial charge in [0, 0.05) is 11.6 Å². The predicted octanol–water partition coefficient (Wildman–Crippen LogP) is 1.41. The smallest absolute Gasteiger partial charge is 0.193 e. The lowest BCUT2D eigenvalue weighted by Gasteiger charge is -2.15. The van der Waals surface area contributed by atoms with Crippen molar-refractivity contribution in [3.63, 3.8) is 0 Å². The van der Waals surface area contributed by atoms with E-state index in [1.165, 1.54) is 19.9 Å². The lowest BCUT2D eigenvalue weighted by atomic mass is 9.97. The SMILES string of the molecule is CC(C)(O)C(=O)c1ccc(OCC=C=O)cc1. The van der Waals surface area contributed by atoms with Crippen LogP contribution in [0.3, 0.4) is 0 Å². The highest BCUT2D eigenvalue weighted by Gasteiger charge is 2.24. The Kier molecular flexibility index (Phi) is 4.21. The molecule has 0 bridgehead atoms. The van der Waals surface area contributed by atoms with Gasteiger partial charge in [0.05, 0.1) is 0 Å². The first-order valence-corrected chi connectivity index (χ1v) is 5.14. The maximum Gasteiger partial charge on any atom is 0.193 e. The molecule has 0 aliphatic heterocycles. The molecule has 0 unspecified atom stereocenters. The zero-order valence-corrected chi connectivity index (χ0v) is 9.77. The van der Waals surface area contributed by atoms with Crippen LogP contribution in [0.2, 0.25) is 0 Å². The molecule has 1 aromatic carbocycles. The Morgan fingerprint density at radius 2 is 2.00 bits per heavy atom. The first-order valence-electron chi connectivity index (χ1n) is 5.14. The fourth-order valence-electron chi connectivity index (χ4n) is 1.23. The summed E-state index contributed by atoms with van der Waals surface area (Å²) >= 11 is 0. The Hall–Kier alpha value is -1.90. The number of benzene rings is 1. The van der Waals surface area contributed by atoms with E-state index in [1.807, 2.05) is 0 Å². The number of ketones is 1. The lowest BCUT2D eigenvalue weighted by Crippen LogP contribution is -2.30. The molecular formula is C13H14O4. The molecule has 0 aromatic heterocycles. The Morgan fingerprint density at radius 3 is 2.47 bits per heavy atom. The molecule has 0 amide bonds. The van der Waals surface area contributed by atoms with Crippen LogP contribution >= 0.6 is 0 Å². The van der Waals surface area contributed by atoms with Crippen LogP contribution in [0.4, 0.5) is 0 Å². The highest BCUT2D eigenvalue weighted by atomic mass is 16.5. The van der Waals surface area contributed by atoms with Crippen molar-refractivity contribution < 1.29 is 19.4 Å². The average Bonchev–Trinajstić information content (AvgIpc) is 2.28. The maximum atomic E-state index is 11.7. The summed E-state index contributed by atoms with van der Waals surface area (Å²) in [5, 5.41) is 9.55. The third-order valence-electron chi connectivity index (χ3n) is 2.09. The molecule has 0 spiro atoms. The van der Waals surface area contributed by atoms with E-state index in [0.717, 1.165) is 0 Å². The average molecular weight is 234 g/mol. The maximum absolute atomic E-state index is 11.7. The quantitative estimate of drug-likeness (QED) is 0.618. The summed E-state index contributed by atoms with van der Waals surface area (Å²) in [4.78, 5) is 21.6. The van der Waals surface area contributed by atoms with Crippen molar-refractivity contribution in [2.45, 2.75) is 19.4 Å². The lowest BCUT2D eigenvalue weighted by molar-refractivity contribution is 0.0488. The Morgan fingerprint density at radius 1 is 1.41 bits per heavy atom. The van der Waals surface area contributed by atoms with Gasteiger partial charge >= 0.3 is 0 Å². The molecule has 1 N–H and O–H groups in total. The molecule has 4 heteroatoms. The third-order valence-corrected chi connectivity index (χ3v) is 2.09. The van der Waals surface area contributed by atoms with E-state index < -0.39 is 5.60 Å². The van der Waals surface area contributed by atoms with Crippen LogP contribution in [0, 0.1) is 0 Å². The van der Waals surface area contributed by atoms with E-state index in [9.17, 15) is 14.7 Å². The van der Waals surface area contributed by atoms with Gasteiger partial charge in [-0.15, -0.1) is 0 Å². The van der Waals surface area contributed by atoms with Gasteiger partial charge in [-0.25, -0.2) is 4.79 Å². The van der Waals surface area contributed by atoms with Gasteiger partial charge in [-0.3, -0.25) is 4.79 Å². The Balaban J connectivity index is 2.74. The van der Waals surface area contributed by atoms with Crippen LogP contribution in [-0.4, -0.2) is 29.0 Å². The van der Waals surface area contributed by atoms with Gasteiger partial charge < -0.3 is 9.84 Å². The highest BCUT2D eigenvalue weighted by molar-refractivity contribution is 6.01. The summed E-state index contributed by atoms with van der Waals surface area (Å²) in [5.41, 5.74) is -0.974. The van der Waals surface area contributed by atoms with Gasteiger partial charge in [0.15, 0.2) is 5.78 Å². The minimum atomic E-state index is -1.39. The first-order chi connectivity index (χ1) is 7.95. The second-order valence-corrected chi connectivity index (χ2v) is 4.05. The number of Topliss-reactive ketones (excluding diaryl/α,β-unsaturated/α-hetero) is 1. The number of carbonyl (C=O) groups is 1. The summed E-state index contributed by atoms with van der Waals surface area (Å²) in [6.45, 7) is 3.02. The fraction of sp³-hybridized carbons (Fsp3) is 0.308. The fourth-order valence-corrected chi connectivity index (χ4v) is 1.23. The van der Waals surface area contributed by atoms with Crippen molar-refractivity contribution in [2.75, 3.05) is 6.61 Å². The highest BCUT2D eigenvalue weighted by Crippen LogP contribution is 2.16.